The topological polar surface area (TPSA) is 77.1 Å². The van der Waals surface area contributed by atoms with Gasteiger partial charge in [0.15, 0.2) is 5.84 Å². The Balaban J connectivity index is 2.19. The quantitative estimate of drug-likeness (QED) is 0.381. The van der Waals surface area contributed by atoms with Gasteiger partial charge in [0.05, 0.1) is 7.11 Å². The summed E-state index contributed by atoms with van der Waals surface area (Å²) in [6.07, 6.45) is 0. The first-order valence-electron chi connectivity index (χ1n) is 5.55. The minimum absolute atomic E-state index is 0.0138. The maximum Gasteiger partial charge on any atom is 0.170 e. The Hall–Kier alpha value is -2.21. The molecule has 6 heteroatoms. The number of hydrogen-bond donors (Lipinski definition) is 2. The van der Waals surface area contributed by atoms with Crippen molar-refractivity contribution in [3.05, 3.63) is 46.2 Å². The molecular formula is C13H14N2O3S. The maximum absolute atomic E-state index is 8.71. The van der Waals surface area contributed by atoms with Crippen LogP contribution in [-0.2, 0) is 6.61 Å². The van der Waals surface area contributed by atoms with Crippen molar-refractivity contribution in [3.63, 3.8) is 0 Å². The van der Waals surface area contributed by atoms with E-state index in [2.05, 4.69) is 5.16 Å². The van der Waals surface area contributed by atoms with Crippen molar-refractivity contribution >= 4 is 17.2 Å². The van der Waals surface area contributed by atoms with Crippen molar-refractivity contribution in [2.75, 3.05) is 7.11 Å². The molecule has 0 amide bonds. The molecule has 5 nitrogen and oxygen atoms in total. The zero-order valence-electron chi connectivity index (χ0n) is 10.4. The van der Waals surface area contributed by atoms with E-state index in [9.17, 15) is 0 Å². The zero-order chi connectivity index (χ0) is 13.7. The van der Waals surface area contributed by atoms with Gasteiger partial charge in [0.2, 0.25) is 0 Å². The Bertz CT molecular complexity index is 567. The van der Waals surface area contributed by atoms with Gasteiger partial charge in [0.1, 0.15) is 18.1 Å². The van der Waals surface area contributed by atoms with Crippen LogP contribution in [-0.4, -0.2) is 18.2 Å². The van der Waals surface area contributed by atoms with Crippen LogP contribution < -0.4 is 15.2 Å². The van der Waals surface area contributed by atoms with E-state index in [1.807, 2.05) is 17.5 Å². The second-order valence-corrected chi connectivity index (χ2v) is 4.78. The van der Waals surface area contributed by atoms with Gasteiger partial charge in [-0.15, -0.1) is 11.3 Å². The van der Waals surface area contributed by atoms with Gasteiger partial charge in [-0.1, -0.05) is 11.2 Å². The van der Waals surface area contributed by atoms with Crippen molar-refractivity contribution in [1.29, 1.82) is 0 Å². The highest BCUT2D eigenvalue weighted by atomic mass is 32.1. The van der Waals surface area contributed by atoms with Gasteiger partial charge in [-0.2, -0.15) is 0 Å². The molecule has 100 valence electrons. The highest BCUT2D eigenvalue weighted by molar-refractivity contribution is 7.09. The van der Waals surface area contributed by atoms with Crippen molar-refractivity contribution in [2.45, 2.75) is 6.61 Å². The Morgan fingerprint density at radius 1 is 1.37 bits per heavy atom. The number of amidine groups is 1. The van der Waals surface area contributed by atoms with Crippen molar-refractivity contribution in [3.8, 4) is 11.5 Å². The summed E-state index contributed by atoms with van der Waals surface area (Å²) in [5.41, 5.74) is 6.11. The first-order valence-corrected chi connectivity index (χ1v) is 6.43. The molecule has 0 aliphatic heterocycles. The molecule has 0 aliphatic carbocycles. The molecule has 1 aromatic carbocycles. The first kappa shape index (κ1) is 13.2. The van der Waals surface area contributed by atoms with E-state index in [4.69, 9.17) is 20.4 Å². The fraction of sp³-hybridized carbons (Fsp3) is 0.154. The molecule has 0 bridgehead atoms. The van der Waals surface area contributed by atoms with Gasteiger partial charge in [-0.3, -0.25) is 0 Å². The second kappa shape index (κ2) is 6.10. The summed E-state index contributed by atoms with van der Waals surface area (Å²) >= 11 is 1.62. The summed E-state index contributed by atoms with van der Waals surface area (Å²) in [5, 5.41) is 13.7. The lowest BCUT2D eigenvalue weighted by Gasteiger charge is -2.09. The van der Waals surface area contributed by atoms with Crippen LogP contribution in [0.2, 0.25) is 0 Å². The number of methoxy groups -OCH3 is 1. The fourth-order valence-electron chi connectivity index (χ4n) is 1.53. The third kappa shape index (κ3) is 3.38. The Morgan fingerprint density at radius 2 is 2.16 bits per heavy atom. The van der Waals surface area contributed by atoms with Crippen molar-refractivity contribution in [2.24, 2.45) is 10.9 Å². The predicted octanol–water partition coefficient (Wildman–Crippen LogP) is 2.43. The minimum Gasteiger partial charge on any atom is -0.497 e. The van der Waals surface area contributed by atoms with E-state index in [-0.39, 0.29) is 5.84 Å². The van der Waals surface area contributed by atoms with Gasteiger partial charge in [-0.05, 0) is 23.6 Å². The Morgan fingerprint density at radius 3 is 2.79 bits per heavy atom. The molecule has 0 fully saturated rings. The fourth-order valence-corrected chi connectivity index (χ4v) is 2.14. The molecule has 1 heterocycles. The van der Waals surface area contributed by atoms with Crippen LogP contribution in [0.4, 0.5) is 0 Å². The number of benzene rings is 1. The molecule has 1 aromatic heterocycles. The molecule has 0 unspecified atom stereocenters. The standard InChI is InChI=1S/C13H14N2O3S/c1-17-10-5-9(13(14)15-16)6-11(7-10)18-8-12-3-2-4-19-12/h2-7,16H,8H2,1H3,(H2,14,15). The van der Waals surface area contributed by atoms with Crippen molar-refractivity contribution in [1.82, 2.24) is 0 Å². The number of oxime groups is 1. The lowest BCUT2D eigenvalue weighted by atomic mass is 10.2. The van der Waals surface area contributed by atoms with Crippen LogP contribution >= 0.6 is 11.3 Å². The number of ether oxygens (including phenoxy) is 2. The number of nitrogens with zero attached hydrogens (tertiary/aromatic N) is 1. The highest BCUT2D eigenvalue weighted by Crippen LogP contribution is 2.24. The number of nitrogens with two attached hydrogens (primary N) is 1. The van der Waals surface area contributed by atoms with Crippen LogP contribution in [0, 0.1) is 0 Å². The molecule has 2 rings (SSSR count). The Kier molecular flexibility index (Phi) is 4.25. The van der Waals surface area contributed by atoms with Crippen LogP contribution in [0.25, 0.3) is 0 Å². The van der Waals surface area contributed by atoms with Gasteiger partial charge >= 0.3 is 0 Å². The third-order valence-corrected chi connectivity index (χ3v) is 3.33. The van der Waals surface area contributed by atoms with Crippen molar-refractivity contribution < 1.29 is 14.7 Å². The summed E-state index contributed by atoms with van der Waals surface area (Å²) in [4.78, 5) is 1.12. The van der Waals surface area contributed by atoms with E-state index in [0.717, 1.165) is 4.88 Å². The normalized spacial score (nSPS) is 11.3. The van der Waals surface area contributed by atoms with Gasteiger partial charge in [-0.25, -0.2) is 0 Å². The smallest absolute Gasteiger partial charge is 0.170 e. The molecule has 0 aliphatic rings. The molecule has 0 saturated carbocycles. The summed E-state index contributed by atoms with van der Waals surface area (Å²) in [6.45, 7) is 0.473. The van der Waals surface area contributed by atoms with Gasteiger partial charge < -0.3 is 20.4 Å². The molecular weight excluding hydrogens is 264 g/mol. The summed E-state index contributed by atoms with van der Waals surface area (Å²) in [6, 6.07) is 9.09. The molecule has 0 saturated heterocycles. The molecule has 0 atom stereocenters. The summed E-state index contributed by atoms with van der Waals surface area (Å²) in [5.74, 6) is 1.21. The van der Waals surface area contributed by atoms with E-state index >= 15 is 0 Å². The number of hydrogen-bond acceptors (Lipinski definition) is 5. The number of thiophene rings is 1. The van der Waals surface area contributed by atoms with Crippen LogP contribution in [0.5, 0.6) is 11.5 Å². The van der Waals surface area contributed by atoms with Crippen LogP contribution in [0.3, 0.4) is 0 Å². The molecule has 3 N–H and O–H groups in total. The monoisotopic (exact) mass is 278 g/mol. The molecule has 19 heavy (non-hydrogen) atoms. The SMILES string of the molecule is COc1cc(OCc2cccs2)cc(/C(N)=N/O)c1. The lowest BCUT2D eigenvalue weighted by Crippen LogP contribution is -2.13. The molecule has 2 aromatic rings. The van der Waals surface area contributed by atoms with Crippen LogP contribution in [0.1, 0.15) is 10.4 Å². The second-order valence-electron chi connectivity index (χ2n) is 3.75. The molecule has 0 radical (unpaired) electrons. The Labute approximate surface area is 114 Å². The average molecular weight is 278 g/mol. The largest absolute Gasteiger partial charge is 0.497 e. The minimum atomic E-state index is 0.0138. The van der Waals surface area contributed by atoms with E-state index in [1.165, 1.54) is 0 Å². The predicted molar refractivity (Wildman–Crippen MR) is 74.2 cm³/mol. The van der Waals surface area contributed by atoms with Crippen LogP contribution in [0.15, 0.2) is 40.9 Å². The van der Waals surface area contributed by atoms with Gasteiger partial charge in [0.25, 0.3) is 0 Å². The third-order valence-electron chi connectivity index (χ3n) is 2.48. The summed E-state index contributed by atoms with van der Waals surface area (Å²) < 4.78 is 10.8. The average Bonchev–Trinajstić information content (AvgIpc) is 2.97. The van der Waals surface area contributed by atoms with E-state index in [0.29, 0.717) is 23.7 Å². The maximum atomic E-state index is 8.71. The summed E-state index contributed by atoms with van der Waals surface area (Å²) in [7, 11) is 1.55. The van der Waals surface area contributed by atoms with Gasteiger partial charge in [0, 0.05) is 16.5 Å². The lowest BCUT2D eigenvalue weighted by molar-refractivity contribution is 0.306. The van der Waals surface area contributed by atoms with E-state index < -0.39 is 0 Å². The zero-order valence-corrected chi connectivity index (χ0v) is 11.2. The first-order chi connectivity index (χ1) is 9.22. The highest BCUT2D eigenvalue weighted by Gasteiger charge is 2.06. The molecule has 0 spiro atoms. The van der Waals surface area contributed by atoms with E-state index in [1.54, 1.807) is 36.6 Å². The number of rotatable bonds is 5.